The van der Waals surface area contributed by atoms with Crippen molar-refractivity contribution >= 4 is 28.5 Å². The van der Waals surface area contributed by atoms with Crippen LogP contribution in [0, 0.1) is 11.6 Å². The molecule has 144 valence electrons. The maximum Gasteiger partial charge on any atom is 0.339 e. The van der Waals surface area contributed by atoms with Crippen molar-refractivity contribution in [3.05, 3.63) is 101 Å². The second-order valence-electron chi connectivity index (χ2n) is 6.36. The number of benzene rings is 3. The Labute approximate surface area is 170 Å². The molecule has 0 amide bonds. The largest absolute Gasteiger partial charge is 0.457 e. The number of hydrogen-bond acceptors (Lipinski definition) is 3. The molecular formula is C23H14ClF2NO2. The highest BCUT2D eigenvalue weighted by Gasteiger charge is 2.17. The molecule has 0 aliphatic carbocycles. The summed E-state index contributed by atoms with van der Waals surface area (Å²) >= 11 is 6.00. The van der Waals surface area contributed by atoms with Gasteiger partial charge in [0.25, 0.3) is 0 Å². The second kappa shape index (κ2) is 7.97. The Morgan fingerprint density at radius 3 is 2.48 bits per heavy atom. The Hall–Kier alpha value is -3.31. The van der Waals surface area contributed by atoms with Gasteiger partial charge in [-0.2, -0.15) is 0 Å². The van der Waals surface area contributed by atoms with Gasteiger partial charge in [0.2, 0.25) is 0 Å². The van der Waals surface area contributed by atoms with E-state index in [0.717, 1.165) is 0 Å². The van der Waals surface area contributed by atoms with Crippen molar-refractivity contribution in [2.24, 2.45) is 0 Å². The number of para-hydroxylation sites is 1. The average Bonchev–Trinajstić information content (AvgIpc) is 2.73. The highest BCUT2D eigenvalue weighted by Crippen LogP contribution is 2.26. The molecule has 0 spiro atoms. The number of rotatable bonds is 4. The number of ether oxygens (including phenoxy) is 1. The molecule has 1 heterocycles. The zero-order chi connectivity index (χ0) is 20.4. The standard InChI is InChI=1S/C23H14ClF2NO2/c24-19-5-3-6-20(26)18(19)13-29-23(28)17-12-22(14-8-10-15(25)11-9-14)27-21-7-2-1-4-16(17)21/h1-12H,13H2. The van der Waals surface area contributed by atoms with Crippen molar-refractivity contribution in [3.8, 4) is 11.3 Å². The van der Waals surface area contributed by atoms with Crippen LogP contribution in [0.3, 0.4) is 0 Å². The number of aromatic nitrogens is 1. The Balaban J connectivity index is 1.72. The van der Waals surface area contributed by atoms with Crippen LogP contribution in [-0.2, 0) is 11.3 Å². The van der Waals surface area contributed by atoms with Crippen molar-refractivity contribution in [2.45, 2.75) is 6.61 Å². The highest BCUT2D eigenvalue weighted by atomic mass is 35.5. The van der Waals surface area contributed by atoms with Crippen LogP contribution >= 0.6 is 11.6 Å². The normalized spacial score (nSPS) is 10.9. The summed E-state index contributed by atoms with van der Waals surface area (Å²) in [7, 11) is 0. The van der Waals surface area contributed by atoms with Crippen LogP contribution in [0.2, 0.25) is 5.02 Å². The molecule has 3 nitrogen and oxygen atoms in total. The first-order valence-electron chi connectivity index (χ1n) is 8.78. The van der Waals surface area contributed by atoms with Crippen LogP contribution in [0.1, 0.15) is 15.9 Å². The van der Waals surface area contributed by atoms with Gasteiger partial charge in [0.1, 0.15) is 18.2 Å². The fraction of sp³-hybridized carbons (Fsp3) is 0.0435. The summed E-state index contributed by atoms with van der Waals surface area (Å²) in [6, 6.07) is 18.8. The van der Waals surface area contributed by atoms with E-state index in [2.05, 4.69) is 4.98 Å². The van der Waals surface area contributed by atoms with Crippen LogP contribution in [0.5, 0.6) is 0 Å². The number of esters is 1. The number of carbonyl (C=O) groups is 1. The van der Waals surface area contributed by atoms with Crippen molar-refractivity contribution < 1.29 is 18.3 Å². The fourth-order valence-electron chi connectivity index (χ4n) is 3.00. The van der Waals surface area contributed by atoms with Crippen LogP contribution in [0.15, 0.2) is 72.8 Å². The third kappa shape index (κ3) is 3.96. The summed E-state index contributed by atoms with van der Waals surface area (Å²) in [6.45, 7) is -0.299. The van der Waals surface area contributed by atoms with Crippen LogP contribution < -0.4 is 0 Å². The minimum Gasteiger partial charge on any atom is -0.457 e. The van der Waals surface area contributed by atoms with E-state index in [9.17, 15) is 13.6 Å². The van der Waals surface area contributed by atoms with Crippen molar-refractivity contribution in [2.75, 3.05) is 0 Å². The van der Waals surface area contributed by atoms with Gasteiger partial charge in [0.15, 0.2) is 0 Å². The van der Waals surface area contributed by atoms with Gasteiger partial charge < -0.3 is 4.74 Å². The molecule has 6 heteroatoms. The Kier molecular flexibility index (Phi) is 5.23. The van der Waals surface area contributed by atoms with Gasteiger partial charge in [0, 0.05) is 16.5 Å². The maximum atomic E-state index is 14.0. The van der Waals surface area contributed by atoms with Crippen molar-refractivity contribution in [1.29, 1.82) is 0 Å². The van der Waals surface area contributed by atoms with E-state index < -0.39 is 11.8 Å². The number of fused-ring (bicyclic) bond motifs is 1. The molecule has 0 saturated heterocycles. The van der Waals surface area contributed by atoms with E-state index in [1.165, 1.54) is 30.3 Å². The molecule has 1 aromatic heterocycles. The lowest BCUT2D eigenvalue weighted by Gasteiger charge is -2.11. The average molecular weight is 410 g/mol. The predicted molar refractivity (Wildman–Crippen MR) is 108 cm³/mol. The lowest BCUT2D eigenvalue weighted by molar-refractivity contribution is 0.0471. The van der Waals surface area contributed by atoms with E-state index in [-0.39, 0.29) is 28.6 Å². The molecule has 0 aliphatic rings. The monoisotopic (exact) mass is 409 g/mol. The van der Waals surface area contributed by atoms with E-state index in [1.54, 1.807) is 42.5 Å². The first kappa shape index (κ1) is 19.0. The summed E-state index contributed by atoms with van der Waals surface area (Å²) in [4.78, 5) is 17.4. The number of halogens is 3. The van der Waals surface area contributed by atoms with E-state index >= 15 is 0 Å². The third-order valence-corrected chi connectivity index (χ3v) is 4.84. The van der Waals surface area contributed by atoms with E-state index in [1.807, 2.05) is 0 Å². The minimum atomic E-state index is -0.633. The highest BCUT2D eigenvalue weighted by molar-refractivity contribution is 6.31. The summed E-state index contributed by atoms with van der Waals surface area (Å²) in [5.41, 5.74) is 2.13. The van der Waals surface area contributed by atoms with Gasteiger partial charge in [-0.3, -0.25) is 0 Å². The molecule has 0 bridgehead atoms. The van der Waals surface area contributed by atoms with Gasteiger partial charge in [-0.05, 0) is 48.5 Å². The SMILES string of the molecule is O=C(OCc1c(F)cccc1Cl)c1cc(-c2ccc(F)cc2)nc2ccccc12. The molecule has 0 radical (unpaired) electrons. The Morgan fingerprint density at radius 2 is 1.72 bits per heavy atom. The van der Waals surface area contributed by atoms with Gasteiger partial charge in [-0.1, -0.05) is 35.9 Å². The van der Waals surface area contributed by atoms with Crippen molar-refractivity contribution in [3.63, 3.8) is 0 Å². The molecule has 4 aromatic rings. The lowest BCUT2D eigenvalue weighted by atomic mass is 10.0. The molecule has 0 atom stereocenters. The second-order valence-corrected chi connectivity index (χ2v) is 6.76. The summed E-state index contributed by atoms with van der Waals surface area (Å²) in [6.07, 6.45) is 0. The topological polar surface area (TPSA) is 39.2 Å². The first-order valence-corrected chi connectivity index (χ1v) is 9.16. The van der Waals surface area contributed by atoms with Gasteiger partial charge >= 0.3 is 5.97 Å². The lowest BCUT2D eigenvalue weighted by Crippen LogP contribution is -2.08. The first-order chi connectivity index (χ1) is 14.0. The fourth-order valence-corrected chi connectivity index (χ4v) is 3.22. The zero-order valence-corrected chi connectivity index (χ0v) is 15.8. The molecule has 0 aliphatic heterocycles. The van der Waals surface area contributed by atoms with Gasteiger partial charge in [-0.25, -0.2) is 18.6 Å². The van der Waals surface area contributed by atoms with Crippen molar-refractivity contribution in [1.82, 2.24) is 4.98 Å². The van der Waals surface area contributed by atoms with Crippen LogP contribution in [0.4, 0.5) is 8.78 Å². The zero-order valence-electron chi connectivity index (χ0n) is 15.0. The molecule has 29 heavy (non-hydrogen) atoms. The Morgan fingerprint density at radius 1 is 0.966 bits per heavy atom. The maximum absolute atomic E-state index is 14.0. The molecule has 4 rings (SSSR count). The molecule has 3 aromatic carbocycles. The molecule has 0 saturated carbocycles. The van der Waals surface area contributed by atoms with Crippen LogP contribution in [-0.4, -0.2) is 11.0 Å². The Bertz CT molecular complexity index is 1190. The molecule has 0 unspecified atom stereocenters. The quantitative estimate of drug-likeness (QED) is 0.377. The minimum absolute atomic E-state index is 0.111. The predicted octanol–water partition coefficient (Wildman–Crippen LogP) is 6.19. The number of carbonyl (C=O) groups excluding carboxylic acids is 1. The summed E-state index contributed by atoms with van der Waals surface area (Å²) < 4.78 is 32.6. The molecule has 0 fully saturated rings. The molecule has 0 N–H and O–H groups in total. The van der Waals surface area contributed by atoms with Crippen LogP contribution in [0.25, 0.3) is 22.2 Å². The van der Waals surface area contributed by atoms with E-state index in [4.69, 9.17) is 16.3 Å². The number of pyridine rings is 1. The number of nitrogens with zero attached hydrogens (tertiary/aromatic N) is 1. The summed E-state index contributed by atoms with van der Waals surface area (Å²) in [5.74, 6) is -1.54. The third-order valence-electron chi connectivity index (χ3n) is 4.49. The smallest absolute Gasteiger partial charge is 0.339 e. The van der Waals surface area contributed by atoms with Gasteiger partial charge in [0.05, 0.1) is 21.8 Å². The van der Waals surface area contributed by atoms with E-state index in [0.29, 0.717) is 22.2 Å². The summed E-state index contributed by atoms with van der Waals surface area (Å²) in [5, 5.41) is 0.785. The molecular weight excluding hydrogens is 396 g/mol. The number of hydrogen-bond donors (Lipinski definition) is 0. The van der Waals surface area contributed by atoms with Gasteiger partial charge in [-0.15, -0.1) is 0 Å².